The predicted octanol–water partition coefficient (Wildman–Crippen LogP) is 6.32. The monoisotopic (exact) mass is 420 g/mol. The second kappa shape index (κ2) is 5.98. The quantitative estimate of drug-likeness (QED) is 0.230. The summed E-state index contributed by atoms with van der Waals surface area (Å²) in [6.45, 7) is 14.1. The Hall–Kier alpha value is -3.20. The molecule has 0 amide bonds. The fourth-order valence-electron chi connectivity index (χ4n) is 6.02. The molecule has 3 heteroatoms. The largest absolute Gasteiger partial charge is 0.297 e. The van der Waals surface area contributed by atoms with Crippen molar-refractivity contribution in [1.29, 1.82) is 0 Å². The van der Waals surface area contributed by atoms with E-state index in [9.17, 15) is 0 Å². The first kappa shape index (κ1) is 19.5. The molecular weight excluding hydrogens is 390 g/mol. The summed E-state index contributed by atoms with van der Waals surface area (Å²) >= 11 is 0. The summed E-state index contributed by atoms with van der Waals surface area (Å²) in [5, 5.41) is 2.54. The van der Waals surface area contributed by atoms with Crippen LogP contribution in [0.1, 0.15) is 50.1 Å². The summed E-state index contributed by atoms with van der Waals surface area (Å²) in [6, 6.07) is 17.6. The molecule has 4 heterocycles. The molecule has 1 aliphatic heterocycles. The Labute approximate surface area is 189 Å². The summed E-state index contributed by atoms with van der Waals surface area (Å²) in [6.07, 6.45) is 1.96. The van der Waals surface area contributed by atoms with E-state index in [1.54, 1.807) is 0 Å². The van der Waals surface area contributed by atoms with Gasteiger partial charge < -0.3 is 0 Å². The second-order valence-electron chi connectivity index (χ2n) is 10.5. The molecule has 0 bridgehead atoms. The van der Waals surface area contributed by atoms with Crippen molar-refractivity contribution in [1.82, 2.24) is 9.38 Å². The maximum absolute atomic E-state index is 4.96. The highest BCUT2D eigenvalue weighted by atomic mass is 15.1. The lowest BCUT2D eigenvalue weighted by molar-refractivity contribution is -0.632. The number of nitrogens with zero attached hydrogens (tertiary/aromatic N) is 3. The van der Waals surface area contributed by atoms with Gasteiger partial charge >= 0.3 is 0 Å². The van der Waals surface area contributed by atoms with Gasteiger partial charge in [0.1, 0.15) is 5.52 Å². The van der Waals surface area contributed by atoms with Crippen LogP contribution in [-0.4, -0.2) is 9.38 Å². The number of benzene rings is 2. The minimum Gasteiger partial charge on any atom is -0.255 e. The summed E-state index contributed by atoms with van der Waals surface area (Å²) in [7, 11) is 2.22. The number of fused-ring (bicyclic) bond motifs is 3. The first-order chi connectivity index (χ1) is 15.2. The zero-order valence-corrected chi connectivity index (χ0v) is 20.0. The molecule has 0 radical (unpaired) electrons. The third-order valence-electron chi connectivity index (χ3n) is 8.42. The molecule has 0 saturated carbocycles. The Morgan fingerprint density at radius 2 is 1.50 bits per heavy atom. The number of rotatable bonds is 1. The van der Waals surface area contributed by atoms with Crippen LogP contribution in [0.3, 0.4) is 0 Å². The Morgan fingerprint density at radius 3 is 2.22 bits per heavy atom. The van der Waals surface area contributed by atoms with E-state index in [4.69, 9.17) is 4.98 Å². The van der Waals surface area contributed by atoms with Gasteiger partial charge in [-0.25, -0.2) is 4.57 Å². The van der Waals surface area contributed by atoms with Gasteiger partial charge in [0.05, 0.1) is 23.3 Å². The number of hydrogen-bond donors (Lipinski definition) is 0. The van der Waals surface area contributed by atoms with E-state index in [0.29, 0.717) is 0 Å². The van der Waals surface area contributed by atoms with Gasteiger partial charge in [-0.05, 0) is 31.0 Å². The SMILES string of the molecule is Cc1ccc2c3c1c1nccc(C)c1c1n3c(c(-c3ccccc3)[n+]1C)C(C)(C)C2(C)C. The molecular formula is C29H30N3+. The lowest BCUT2D eigenvalue weighted by atomic mass is 9.60. The van der Waals surface area contributed by atoms with E-state index in [0.717, 1.165) is 5.52 Å². The molecule has 0 spiro atoms. The van der Waals surface area contributed by atoms with Crippen molar-refractivity contribution in [3.63, 3.8) is 0 Å². The van der Waals surface area contributed by atoms with Crippen LogP contribution < -0.4 is 4.57 Å². The highest BCUT2D eigenvalue weighted by molar-refractivity contribution is 6.13. The van der Waals surface area contributed by atoms with Crippen LogP contribution in [0.5, 0.6) is 0 Å². The van der Waals surface area contributed by atoms with Crippen molar-refractivity contribution in [3.05, 3.63) is 77.1 Å². The molecule has 0 N–H and O–H groups in total. The summed E-state index contributed by atoms with van der Waals surface area (Å²) in [5.41, 5.74) is 11.4. The molecule has 0 aliphatic carbocycles. The van der Waals surface area contributed by atoms with Crippen LogP contribution in [-0.2, 0) is 17.9 Å². The predicted molar refractivity (Wildman–Crippen MR) is 132 cm³/mol. The summed E-state index contributed by atoms with van der Waals surface area (Å²) in [4.78, 5) is 4.96. The van der Waals surface area contributed by atoms with E-state index in [1.807, 2.05) is 6.20 Å². The van der Waals surface area contributed by atoms with Gasteiger partial charge in [-0.1, -0.05) is 70.2 Å². The molecule has 5 aromatic rings. The molecule has 32 heavy (non-hydrogen) atoms. The van der Waals surface area contributed by atoms with Gasteiger partial charge in [0.2, 0.25) is 0 Å². The van der Waals surface area contributed by atoms with Crippen LogP contribution in [0.2, 0.25) is 0 Å². The van der Waals surface area contributed by atoms with Crippen LogP contribution in [0.15, 0.2) is 54.7 Å². The second-order valence-corrected chi connectivity index (χ2v) is 10.5. The topological polar surface area (TPSA) is 21.2 Å². The zero-order valence-electron chi connectivity index (χ0n) is 20.0. The van der Waals surface area contributed by atoms with Gasteiger partial charge in [0.25, 0.3) is 5.65 Å². The van der Waals surface area contributed by atoms with E-state index >= 15 is 0 Å². The number of pyridine rings is 2. The highest BCUT2D eigenvalue weighted by Gasteiger charge is 2.52. The van der Waals surface area contributed by atoms with Crippen LogP contribution >= 0.6 is 0 Å². The lowest BCUT2D eigenvalue weighted by Gasteiger charge is -2.43. The third kappa shape index (κ3) is 2.07. The van der Waals surface area contributed by atoms with Crippen LogP contribution in [0.25, 0.3) is 38.7 Å². The molecule has 3 nitrogen and oxygen atoms in total. The van der Waals surface area contributed by atoms with Gasteiger partial charge in [-0.3, -0.25) is 4.98 Å². The van der Waals surface area contributed by atoms with Gasteiger partial charge in [-0.15, -0.1) is 0 Å². The van der Waals surface area contributed by atoms with Crippen molar-refractivity contribution in [2.24, 2.45) is 7.05 Å². The Kier molecular flexibility index (Phi) is 3.64. The molecule has 160 valence electrons. The number of aromatic nitrogens is 3. The van der Waals surface area contributed by atoms with Crippen molar-refractivity contribution in [2.45, 2.75) is 52.4 Å². The fourth-order valence-corrected chi connectivity index (χ4v) is 6.02. The van der Waals surface area contributed by atoms with E-state index < -0.39 is 0 Å². The van der Waals surface area contributed by atoms with Crippen LogP contribution in [0.4, 0.5) is 0 Å². The molecule has 0 atom stereocenters. The van der Waals surface area contributed by atoms with Crippen molar-refractivity contribution < 1.29 is 4.57 Å². The van der Waals surface area contributed by atoms with Crippen molar-refractivity contribution >= 4 is 27.5 Å². The van der Waals surface area contributed by atoms with Crippen molar-refractivity contribution in [2.75, 3.05) is 0 Å². The maximum atomic E-state index is 4.96. The zero-order chi connectivity index (χ0) is 22.6. The van der Waals surface area contributed by atoms with E-state index in [1.165, 1.54) is 55.6 Å². The molecule has 6 rings (SSSR count). The number of aryl methyl sites for hydroxylation is 3. The fraction of sp³-hybridized carbons (Fsp3) is 0.310. The van der Waals surface area contributed by atoms with E-state index in [-0.39, 0.29) is 10.8 Å². The molecule has 3 aromatic heterocycles. The highest BCUT2D eigenvalue weighted by Crippen LogP contribution is 2.53. The summed E-state index contributed by atoms with van der Waals surface area (Å²) < 4.78 is 4.98. The molecule has 0 fully saturated rings. The van der Waals surface area contributed by atoms with E-state index in [2.05, 4.69) is 106 Å². The first-order valence-corrected chi connectivity index (χ1v) is 11.5. The minimum atomic E-state index is -0.0820. The summed E-state index contributed by atoms with van der Waals surface area (Å²) in [5.74, 6) is 0. The maximum Gasteiger partial charge on any atom is 0.297 e. The molecule has 0 saturated heterocycles. The van der Waals surface area contributed by atoms with Gasteiger partial charge in [0.15, 0.2) is 11.4 Å². The number of imidazole rings is 1. The average molecular weight is 421 g/mol. The first-order valence-electron chi connectivity index (χ1n) is 11.5. The third-order valence-corrected chi connectivity index (χ3v) is 8.42. The Balaban J connectivity index is 2.05. The van der Waals surface area contributed by atoms with Crippen LogP contribution in [0, 0.1) is 13.8 Å². The number of hydrogen-bond acceptors (Lipinski definition) is 1. The molecule has 1 aliphatic rings. The Morgan fingerprint density at radius 1 is 0.812 bits per heavy atom. The standard InChI is InChI=1S/C29H30N3/c1-17-13-14-20-25-21(17)23-22(18(2)15-16-30-23)27-31(7)24(19-11-9-8-10-12-19)26(32(25)27)29(5,6)28(20,3)4/h8-16H,1-7H3/q+1. The Bertz CT molecular complexity index is 1580. The lowest BCUT2D eigenvalue weighted by Crippen LogP contribution is -2.44. The molecule has 2 aromatic carbocycles. The molecule has 0 unspecified atom stereocenters. The van der Waals surface area contributed by atoms with Gasteiger partial charge in [0, 0.05) is 28.2 Å². The average Bonchev–Trinajstić information content (AvgIpc) is 3.07. The smallest absolute Gasteiger partial charge is 0.255 e. The van der Waals surface area contributed by atoms with Crippen molar-refractivity contribution in [3.8, 4) is 11.3 Å². The normalized spacial score (nSPS) is 16.5. The minimum absolute atomic E-state index is 0.0474. The van der Waals surface area contributed by atoms with Gasteiger partial charge in [-0.2, -0.15) is 4.40 Å².